The van der Waals surface area contributed by atoms with Crippen LogP contribution in [-0.2, 0) is 11.0 Å². The Morgan fingerprint density at radius 1 is 1.00 bits per heavy atom. The number of benzene rings is 3. The van der Waals surface area contributed by atoms with E-state index in [0.717, 1.165) is 23.3 Å². The summed E-state index contributed by atoms with van der Waals surface area (Å²) < 4.78 is 40.7. The van der Waals surface area contributed by atoms with Crippen molar-refractivity contribution in [3.63, 3.8) is 0 Å². The van der Waals surface area contributed by atoms with Crippen molar-refractivity contribution in [2.45, 2.75) is 26.1 Å². The van der Waals surface area contributed by atoms with Crippen molar-refractivity contribution in [3.8, 4) is 16.9 Å². The van der Waals surface area contributed by atoms with E-state index >= 15 is 0 Å². The van der Waals surface area contributed by atoms with Gasteiger partial charge in [-0.3, -0.25) is 9.69 Å². The van der Waals surface area contributed by atoms with Crippen LogP contribution in [0.3, 0.4) is 0 Å². The molecule has 11 heteroatoms. The number of fused-ring (bicyclic) bond motifs is 1. The molecule has 0 saturated carbocycles. The number of aromatic carboxylic acids is 1. The first-order valence-electron chi connectivity index (χ1n) is 12.1. The first-order chi connectivity index (χ1) is 18.9. The quantitative estimate of drug-likeness (QED) is 0.215. The van der Waals surface area contributed by atoms with E-state index in [1.54, 1.807) is 18.2 Å². The molecule has 3 aromatic carbocycles. The van der Waals surface area contributed by atoms with Crippen molar-refractivity contribution >= 4 is 29.1 Å². The number of alkyl halides is 3. The van der Waals surface area contributed by atoms with Crippen molar-refractivity contribution < 1.29 is 33.0 Å². The summed E-state index contributed by atoms with van der Waals surface area (Å²) in [4.78, 5) is 30.3. The molecule has 204 valence electrons. The monoisotopic (exact) mass is 548 g/mol. The number of aryl methyl sites for hydroxylation is 2. The van der Waals surface area contributed by atoms with Gasteiger partial charge in [0.2, 0.25) is 0 Å². The van der Waals surface area contributed by atoms with Gasteiger partial charge < -0.3 is 15.6 Å². The summed E-state index contributed by atoms with van der Waals surface area (Å²) in [5.41, 5.74) is 7.84. The molecule has 0 fully saturated rings. The van der Waals surface area contributed by atoms with Gasteiger partial charge in [0.05, 0.1) is 16.8 Å². The number of anilines is 3. The number of carbonyl (C=O) groups is 2. The van der Waals surface area contributed by atoms with E-state index in [1.165, 1.54) is 41.4 Å². The average molecular weight is 549 g/mol. The summed E-state index contributed by atoms with van der Waals surface area (Å²) in [5, 5.41) is 20.2. The van der Waals surface area contributed by atoms with Crippen molar-refractivity contribution in [2.24, 2.45) is 0 Å². The lowest BCUT2D eigenvalue weighted by atomic mass is 10.0. The molecule has 1 unspecified atom stereocenters. The zero-order chi connectivity index (χ0) is 28.8. The maximum Gasteiger partial charge on any atom is 0.416 e. The molecule has 4 aromatic rings. The van der Waals surface area contributed by atoms with Crippen LogP contribution in [0.5, 0.6) is 5.75 Å². The van der Waals surface area contributed by atoms with Crippen molar-refractivity contribution in [1.29, 1.82) is 0 Å². The van der Waals surface area contributed by atoms with E-state index in [2.05, 4.69) is 15.8 Å². The lowest BCUT2D eigenvalue weighted by Crippen LogP contribution is -2.35. The first-order valence-corrected chi connectivity index (χ1v) is 12.1. The molecule has 0 aliphatic carbocycles. The summed E-state index contributed by atoms with van der Waals surface area (Å²) >= 11 is 0. The zero-order valence-electron chi connectivity index (χ0n) is 21.2. The predicted octanol–water partition coefficient (Wildman–Crippen LogP) is 6.12. The molecule has 0 saturated heterocycles. The fraction of sp³-hybridized carbons (Fsp3) is 0.138. The lowest BCUT2D eigenvalue weighted by molar-refractivity contribution is -0.137. The molecule has 8 nitrogen and oxygen atoms in total. The van der Waals surface area contributed by atoms with Gasteiger partial charge in [0.25, 0.3) is 5.91 Å². The van der Waals surface area contributed by atoms with Crippen LogP contribution < -0.4 is 15.8 Å². The number of hydrogen-bond acceptors (Lipinski definition) is 6. The second-order valence-corrected chi connectivity index (χ2v) is 9.43. The predicted molar refractivity (Wildman–Crippen MR) is 142 cm³/mol. The molecule has 4 N–H and O–H groups in total. The molecule has 1 aliphatic rings. The van der Waals surface area contributed by atoms with E-state index in [4.69, 9.17) is 0 Å². The third-order valence-corrected chi connectivity index (χ3v) is 6.52. The van der Waals surface area contributed by atoms with E-state index in [0.29, 0.717) is 16.8 Å². The van der Waals surface area contributed by atoms with Crippen LogP contribution in [0.4, 0.5) is 30.4 Å². The van der Waals surface area contributed by atoms with Gasteiger partial charge in [-0.1, -0.05) is 24.3 Å². The molecular weight excluding hydrogens is 525 g/mol. The van der Waals surface area contributed by atoms with E-state index in [1.807, 2.05) is 19.9 Å². The molecule has 1 amide bonds. The summed E-state index contributed by atoms with van der Waals surface area (Å²) in [6.07, 6.45) is -3.22. The minimum absolute atomic E-state index is 0.0270. The Morgan fingerprint density at radius 3 is 2.40 bits per heavy atom. The number of halogens is 3. The van der Waals surface area contributed by atoms with Gasteiger partial charge in [0, 0.05) is 23.0 Å². The lowest BCUT2D eigenvalue weighted by Gasteiger charge is -2.20. The van der Waals surface area contributed by atoms with Gasteiger partial charge in [0.15, 0.2) is 11.6 Å². The maximum atomic E-state index is 13.6. The molecular formula is C29H23F3N4O4. The number of nitrogens with one attached hydrogen (secondary N) is 2. The van der Waals surface area contributed by atoms with Crippen LogP contribution in [0.2, 0.25) is 0 Å². The van der Waals surface area contributed by atoms with Crippen LogP contribution in [-0.4, -0.2) is 27.1 Å². The summed E-state index contributed by atoms with van der Waals surface area (Å²) in [6.45, 7) is 3.66. The summed E-state index contributed by atoms with van der Waals surface area (Å²) in [7, 11) is 0. The number of nitrogens with zero attached hydrogens (tertiary/aromatic N) is 2. The number of aromatic hydroxyl groups is 1. The smallest absolute Gasteiger partial charge is 0.416 e. The maximum absolute atomic E-state index is 13.6. The van der Waals surface area contributed by atoms with Crippen LogP contribution in [0.25, 0.3) is 11.1 Å². The van der Waals surface area contributed by atoms with Gasteiger partial charge in [-0.2, -0.15) is 13.2 Å². The highest BCUT2D eigenvalue weighted by Gasteiger charge is 2.41. The molecule has 1 aliphatic heterocycles. The molecule has 5 rings (SSSR count). The van der Waals surface area contributed by atoms with Crippen molar-refractivity contribution in [2.75, 3.05) is 10.3 Å². The zero-order valence-corrected chi connectivity index (χ0v) is 21.2. The van der Waals surface area contributed by atoms with E-state index in [9.17, 15) is 33.0 Å². The fourth-order valence-electron chi connectivity index (χ4n) is 4.76. The third-order valence-electron chi connectivity index (χ3n) is 6.52. The summed E-state index contributed by atoms with van der Waals surface area (Å²) in [5.74, 6) is -2.04. The van der Waals surface area contributed by atoms with Crippen molar-refractivity contribution in [3.05, 3.63) is 101 Å². The van der Waals surface area contributed by atoms with Crippen LogP contribution in [0, 0.1) is 13.8 Å². The van der Waals surface area contributed by atoms with Gasteiger partial charge >= 0.3 is 12.1 Å². The molecule has 40 heavy (non-hydrogen) atoms. The van der Waals surface area contributed by atoms with Crippen LogP contribution in [0.1, 0.15) is 38.7 Å². The molecule has 0 radical (unpaired) electrons. The third kappa shape index (κ3) is 4.94. The van der Waals surface area contributed by atoms with Gasteiger partial charge in [-0.25, -0.2) is 15.2 Å². The van der Waals surface area contributed by atoms with Gasteiger partial charge in [-0.15, -0.1) is 0 Å². The number of pyridine rings is 1. The highest BCUT2D eigenvalue weighted by atomic mass is 19.4. The van der Waals surface area contributed by atoms with E-state index in [-0.39, 0.29) is 28.4 Å². The average Bonchev–Trinajstić information content (AvgIpc) is 3.17. The van der Waals surface area contributed by atoms with Crippen LogP contribution >= 0.6 is 0 Å². The van der Waals surface area contributed by atoms with Crippen LogP contribution in [0.15, 0.2) is 72.9 Å². The Morgan fingerprint density at radius 2 is 1.73 bits per heavy atom. The number of carboxylic acid groups (broad SMARTS) is 1. The Balaban J connectivity index is 1.50. The second-order valence-electron chi connectivity index (χ2n) is 9.43. The molecule has 1 atom stereocenters. The Bertz CT molecular complexity index is 1630. The SMILES string of the molecule is Cc1cc(C)cc(N2C(=O)C(NNc3nccc(-c4cccc(C(=O)O)c4)c3O)c3ccc(C(F)(F)F)cc32)c1. The topological polar surface area (TPSA) is 115 Å². The number of hydrazine groups is 1. The minimum atomic E-state index is -4.61. The number of carboxylic acids is 1. The summed E-state index contributed by atoms with van der Waals surface area (Å²) in [6, 6.07) is 14.8. The number of hydrogen-bond donors (Lipinski definition) is 4. The largest absolute Gasteiger partial charge is 0.504 e. The fourth-order valence-corrected chi connectivity index (χ4v) is 4.76. The Labute approximate surface area is 226 Å². The van der Waals surface area contributed by atoms with Crippen molar-refractivity contribution in [1.82, 2.24) is 10.4 Å². The van der Waals surface area contributed by atoms with Gasteiger partial charge in [-0.05, 0) is 73.0 Å². The first kappa shape index (κ1) is 26.7. The van der Waals surface area contributed by atoms with E-state index < -0.39 is 29.7 Å². The molecule has 2 heterocycles. The highest BCUT2D eigenvalue weighted by molar-refractivity contribution is 6.10. The minimum Gasteiger partial charge on any atom is -0.504 e. The standard InChI is InChI=1S/C29H23F3N4O4/c1-15-10-16(2)12-20(11-15)36-23-14-19(29(30,31)32)6-7-22(23)24(27(36)38)34-35-26-25(37)21(8-9-33-26)17-4-3-5-18(13-17)28(39)40/h3-14,24,34,37H,1-2H3,(H,33,35)(H,39,40). The second kappa shape index (κ2) is 10.0. The molecule has 0 bridgehead atoms. The number of rotatable bonds is 6. The normalized spacial score (nSPS) is 14.8. The highest BCUT2D eigenvalue weighted by Crippen LogP contribution is 2.44. The molecule has 1 aromatic heterocycles. The number of amides is 1. The van der Waals surface area contributed by atoms with Gasteiger partial charge in [0.1, 0.15) is 6.04 Å². The Hall–Kier alpha value is -4.90. The molecule has 0 spiro atoms. The Kier molecular flexibility index (Phi) is 6.68. The number of carbonyl (C=O) groups excluding carboxylic acids is 1. The number of aromatic nitrogens is 1.